The molecule has 0 saturated heterocycles. The van der Waals surface area contributed by atoms with Crippen molar-refractivity contribution in [2.24, 2.45) is 15.9 Å². The van der Waals surface area contributed by atoms with Crippen molar-refractivity contribution in [1.82, 2.24) is 4.90 Å². The number of carbonyl (C=O) groups excluding carboxylic acids is 2. The molecule has 0 aromatic heterocycles. The molecule has 1 atom stereocenters. The van der Waals surface area contributed by atoms with Gasteiger partial charge in [-0.2, -0.15) is 0 Å². The van der Waals surface area contributed by atoms with Gasteiger partial charge >= 0.3 is 12.1 Å². The lowest BCUT2D eigenvalue weighted by molar-refractivity contribution is 0.0300. The number of aliphatic imine (C=N–C) groups is 2. The lowest BCUT2D eigenvalue weighted by atomic mass is 9.92. The van der Waals surface area contributed by atoms with Gasteiger partial charge in [0, 0.05) is 24.3 Å². The van der Waals surface area contributed by atoms with E-state index < -0.39 is 17.7 Å². The standard InChI is InChI=1S/C26H31N3O6/c1-26(2,3)35-25(31)29-11-12-33-13-14-34-21-15-18(5-7-19(21)24(30)32-4)20-16-27-10-9-17-6-8-22(29)28-23(17)20/h5-8,15-17H,9-14H2,1-4H3. The second kappa shape index (κ2) is 10.4. The molecule has 1 unspecified atom stereocenters. The Balaban J connectivity index is 1.83. The van der Waals surface area contributed by atoms with Crippen LogP contribution in [0, 0.1) is 5.92 Å². The summed E-state index contributed by atoms with van der Waals surface area (Å²) in [5.41, 5.74) is 2.10. The average Bonchev–Trinajstić information content (AvgIpc) is 3.03. The van der Waals surface area contributed by atoms with Crippen molar-refractivity contribution in [2.45, 2.75) is 32.8 Å². The SMILES string of the molecule is COC(=O)c1ccc2cc1OCCOCCN(C(=O)OC(C)(C)C)C1=NC3=C2C=NCCC3C=C1. The van der Waals surface area contributed by atoms with Crippen LogP contribution >= 0.6 is 0 Å². The first kappa shape index (κ1) is 24.7. The molecule has 1 amide bonds. The first-order valence-corrected chi connectivity index (χ1v) is 11.7. The summed E-state index contributed by atoms with van der Waals surface area (Å²) < 4.78 is 22.2. The first-order valence-electron chi connectivity index (χ1n) is 11.7. The molecule has 1 aromatic rings. The highest BCUT2D eigenvalue weighted by Crippen LogP contribution is 2.34. The van der Waals surface area contributed by atoms with Gasteiger partial charge in [0.2, 0.25) is 0 Å². The Bertz CT molecular complexity index is 1110. The number of ether oxygens (including phenoxy) is 4. The quantitative estimate of drug-likeness (QED) is 0.565. The van der Waals surface area contributed by atoms with E-state index in [2.05, 4.69) is 11.1 Å². The summed E-state index contributed by atoms with van der Waals surface area (Å²) in [7, 11) is 1.34. The zero-order valence-corrected chi connectivity index (χ0v) is 20.6. The number of methoxy groups -OCH3 is 1. The monoisotopic (exact) mass is 481 g/mol. The Hall–Kier alpha value is -3.46. The molecule has 1 aromatic carbocycles. The Morgan fingerprint density at radius 3 is 2.77 bits per heavy atom. The largest absolute Gasteiger partial charge is 0.490 e. The van der Waals surface area contributed by atoms with Crippen molar-refractivity contribution >= 4 is 29.7 Å². The van der Waals surface area contributed by atoms with Crippen LogP contribution in [0.25, 0.3) is 5.57 Å². The summed E-state index contributed by atoms with van der Waals surface area (Å²) >= 11 is 0. The molecule has 0 saturated carbocycles. The molecule has 0 N–H and O–H groups in total. The molecule has 3 aliphatic rings. The van der Waals surface area contributed by atoms with E-state index in [1.807, 2.05) is 32.9 Å². The van der Waals surface area contributed by atoms with Gasteiger partial charge in [-0.15, -0.1) is 0 Å². The van der Waals surface area contributed by atoms with Crippen LogP contribution in [0.2, 0.25) is 0 Å². The topological polar surface area (TPSA) is 99.0 Å². The number of hydrogen-bond donors (Lipinski definition) is 0. The lowest BCUT2D eigenvalue weighted by Gasteiger charge is -2.29. The normalized spacial score (nSPS) is 20.3. The van der Waals surface area contributed by atoms with Crippen LogP contribution in [0.5, 0.6) is 5.75 Å². The molecule has 0 spiro atoms. The average molecular weight is 482 g/mol. The minimum Gasteiger partial charge on any atom is -0.490 e. The van der Waals surface area contributed by atoms with Gasteiger partial charge < -0.3 is 18.9 Å². The summed E-state index contributed by atoms with van der Waals surface area (Å²) in [6, 6.07) is 5.31. The molecule has 0 fully saturated rings. The fourth-order valence-corrected chi connectivity index (χ4v) is 4.01. The molecule has 0 radical (unpaired) electrons. The number of amides is 1. The molecule has 186 valence electrons. The highest BCUT2D eigenvalue weighted by Gasteiger charge is 2.29. The van der Waals surface area contributed by atoms with E-state index in [1.165, 1.54) is 12.0 Å². The molecular formula is C26H31N3O6. The van der Waals surface area contributed by atoms with Gasteiger partial charge in [-0.1, -0.05) is 12.1 Å². The fraction of sp³-hybridized carbons (Fsp3) is 0.462. The molecule has 4 rings (SSSR count). The zero-order valence-electron chi connectivity index (χ0n) is 20.6. The summed E-state index contributed by atoms with van der Waals surface area (Å²) in [6.07, 6.45) is 6.03. The highest BCUT2D eigenvalue weighted by molar-refractivity contribution is 6.13. The van der Waals surface area contributed by atoms with Crippen LogP contribution in [-0.2, 0) is 14.2 Å². The van der Waals surface area contributed by atoms with Gasteiger partial charge in [0.05, 0.1) is 32.6 Å². The van der Waals surface area contributed by atoms with E-state index in [-0.39, 0.29) is 32.3 Å². The second-order valence-corrected chi connectivity index (χ2v) is 9.35. The van der Waals surface area contributed by atoms with Crippen molar-refractivity contribution in [1.29, 1.82) is 0 Å². The fourth-order valence-electron chi connectivity index (χ4n) is 4.01. The number of benzene rings is 1. The predicted molar refractivity (Wildman–Crippen MR) is 132 cm³/mol. The molecule has 9 nitrogen and oxygen atoms in total. The number of dihydropyridines is 1. The molecule has 3 aliphatic heterocycles. The molecule has 35 heavy (non-hydrogen) atoms. The minimum absolute atomic E-state index is 0.0329. The van der Waals surface area contributed by atoms with Gasteiger partial charge in [0.25, 0.3) is 0 Å². The van der Waals surface area contributed by atoms with E-state index in [1.54, 1.807) is 18.3 Å². The third kappa shape index (κ3) is 5.79. The van der Waals surface area contributed by atoms with Crippen LogP contribution in [0.3, 0.4) is 0 Å². The number of nitrogens with zero attached hydrogens (tertiary/aromatic N) is 3. The van der Waals surface area contributed by atoms with Gasteiger partial charge in [0.15, 0.2) is 0 Å². The lowest BCUT2D eigenvalue weighted by Crippen LogP contribution is -2.42. The smallest absolute Gasteiger partial charge is 0.416 e. The number of esters is 1. The number of fused-ring (bicyclic) bond motifs is 3. The highest BCUT2D eigenvalue weighted by atomic mass is 16.6. The summed E-state index contributed by atoms with van der Waals surface area (Å²) in [5.74, 6) is 0.447. The molecule has 0 aliphatic carbocycles. The summed E-state index contributed by atoms with van der Waals surface area (Å²) in [6.45, 7) is 7.16. The molecule has 4 bridgehead atoms. The van der Waals surface area contributed by atoms with Crippen LogP contribution in [0.1, 0.15) is 43.1 Å². The Labute approximate surface area is 205 Å². The van der Waals surface area contributed by atoms with E-state index in [9.17, 15) is 9.59 Å². The van der Waals surface area contributed by atoms with E-state index in [0.717, 1.165) is 23.3 Å². The maximum atomic E-state index is 13.1. The van der Waals surface area contributed by atoms with Crippen LogP contribution in [0.4, 0.5) is 4.79 Å². The predicted octanol–water partition coefficient (Wildman–Crippen LogP) is 3.89. The van der Waals surface area contributed by atoms with E-state index in [0.29, 0.717) is 23.7 Å². The number of carbonyl (C=O) groups is 2. The van der Waals surface area contributed by atoms with Gasteiger partial charge in [-0.25, -0.2) is 14.6 Å². The van der Waals surface area contributed by atoms with Crippen molar-refractivity contribution < 1.29 is 28.5 Å². The van der Waals surface area contributed by atoms with Gasteiger partial charge in [-0.05, 0) is 51.0 Å². The summed E-state index contributed by atoms with van der Waals surface area (Å²) in [4.78, 5) is 36.3. The van der Waals surface area contributed by atoms with Gasteiger partial charge in [0.1, 0.15) is 29.4 Å². The summed E-state index contributed by atoms with van der Waals surface area (Å²) in [5, 5.41) is 0. The van der Waals surface area contributed by atoms with Crippen LogP contribution in [0.15, 0.2) is 46.0 Å². The Kier molecular flexibility index (Phi) is 7.35. The number of hydrogen-bond acceptors (Lipinski definition) is 8. The number of rotatable bonds is 1. The zero-order chi connectivity index (χ0) is 25.0. The van der Waals surface area contributed by atoms with Gasteiger partial charge in [-0.3, -0.25) is 9.89 Å². The third-order valence-corrected chi connectivity index (χ3v) is 5.66. The van der Waals surface area contributed by atoms with Crippen LogP contribution in [-0.4, -0.2) is 74.6 Å². The number of amidine groups is 1. The Morgan fingerprint density at radius 1 is 1.17 bits per heavy atom. The molecule has 9 heteroatoms. The Morgan fingerprint density at radius 2 is 2.00 bits per heavy atom. The number of allylic oxidation sites excluding steroid dienone is 2. The van der Waals surface area contributed by atoms with E-state index >= 15 is 0 Å². The third-order valence-electron chi connectivity index (χ3n) is 5.66. The van der Waals surface area contributed by atoms with Crippen molar-refractivity contribution in [3.05, 3.63) is 47.2 Å². The molecular weight excluding hydrogens is 450 g/mol. The van der Waals surface area contributed by atoms with Crippen molar-refractivity contribution in [3.63, 3.8) is 0 Å². The van der Waals surface area contributed by atoms with Crippen molar-refractivity contribution in [3.8, 4) is 5.75 Å². The minimum atomic E-state index is -0.649. The molecule has 3 heterocycles. The maximum Gasteiger partial charge on any atom is 0.416 e. The van der Waals surface area contributed by atoms with E-state index in [4.69, 9.17) is 23.9 Å². The maximum absolute atomic E-state index is 13.1. The van der Waals surface area contributed by atoms with Crippen LogP contribution < -0.4 is 4.74 Å². The van der Waals surface area contributed by atoms with Crippen molar-refractivity contribution in [2.75, 3.05) is 40.0 Å². The first-order chi connectivity index (χ1) is 16.8. The second-order valence-electron chi connectivity index (χ2n) is 9.35.